The molecule has 0 unspecified atom stereocenters. The van der Waals surface area contributed by atoms with Gasteiger partial charge in [-0.1, -0.05) is 42.5 Å². The summed E-state index contributed by atoms with van der Waals surface area (Å²) in [6, 6.07) is 10.5. The second kappa shape index (κ2) is 3.57. The van der Waals surface area contributed by atoms with Crippen molar-refractivity contribution in [3.05, 3.63) is 42.0 Å². The molecule has 0 aliphatic heterocycles. The fourth-order valence-corrected chi connectivity index (χ4v) is 1.31. The van der Waals surface area contributed by atoms with E-state index < -0.39 is 0 Å². The molecule has 0 saturated heterocycles. The van der Waals surface area contributed by atoms with Crippen LogP contribution >= 0.6 is 0 Å². The Morgan fingerprint density at radius 3 is 2.58 bits per heavy atom. The topological polar surface area (TPSA) is 0 Å². The maximum atomic E-state index is 2.30. The third-order valence-corrected chi connectivity index (χ3v) is 2.28. The van der Waals surface area contributed by atoms with Crippen LogP contribution in [0.4, 0.5) is 0 Å². The van der Waals surface area contributed by atoms with E-state index in [1.165, 1.54) is 24.8 Å². The van der Waals surface area contributed by atoms with Gasteiger partial charge >= 0.3 is 0 Å². The van der Waals surface area contributed by atoms with E-state index in [-0.39, 0.29) is 0 Å². The average Bonchev–Trinajstić information content (AvgIpc) is 2.90. The molecule has 0 N–H and O–H groups in total. The average molecular weight is 158 g/mol. The van der Waals surface area contributed by atoms with Crippen LogP contribution < -0.4 is 0 Å². The van der Waals surface area contributed by atoms with Crippen LogP contribution in [0.5, 0.6) is 0 Å². The quantitative estimate of drug-likeness (QED) is 0.631. The second-order valence-electron chi connectivity index (χ2n) is 3.49. The number of hydrogen-bond acceptors (Lipinski definition) is 0. The Labute approximate surface area is 73.9 Å². The predicted molar refractivity (Wildman–Crippen MR) is 52.8 cm³/mol. The van der Waals surface area contributed by atoms with Crippen molar-refractivity contribution in [3.63, 3.8) is 0 Å². The molecule has 0 radical (unpaired) electrons. The Kier molecular flexibility index (Phi) is 2.26. The first-order valence-corrected chi connectivity index (χ1v) is 4.67. The number of hydrogen-bond donors (Lipinski definition) is 0. The number of benzene rings is 1. The van der Waals surface area contributed by atoms with Crippen molar-refractivity contribution in [3.8, 4) is 0 Å². The molecule has 62 valence electrons. The van der Waals surface area contributed by atoms with E-state index in [2.05, 4.69) is 42.5 Å². The summed E-state index contributed by atoms with van der Waals surface area (Å²) in [7, 11) is 0. The second-order valence-corrected chi connectivity index (χ2v) is 3.49. The largest absolute Gasteiger partial charge is 0.0837 e. The minimum atomic E-state index is 1.00. The lowest BCUT2D eigenvalue weighted by Gasteiger charge is -1.90. The van der Waals surface area contributed by atoms with Gasteiger partial charge in [0.05, 0.1) is 0 Å². The lowest BCUT2D eigenvalue weighted by Crippen LogP contribution is -1.70. The minimum absolute atomic E-state index is 1.00. The first kappa shape index (κ1) is 7.60. The van der Waals surface area contributed by atoms with Crippen LogP contribution in [-0.2, 0) is 0 Å². The highest BCUT2D eigenvalue weighted by molar-refractivity contribution is 5.48. The molecule has 12 heavy (non-hydrogen) atoms. The van der Waals surface area contributed by atoms with Gasteiger partial charge in [0.2, 0.25) is 0 Å². The Morgan fingerprint density at radius 2 is 1.92 bits per heavy atom. The van der Waals surface area contributed by atoms with E-state index in [9.17, 15) is 0 Å². The van der Waals surface area contributed by atoms with Gasteiger partial charge in [0, 0.05) is 0 Å². The summed E-state index contributed by atoms with van der Waals surface area (Å²) in [5.41, 5.74) is 1.32. The molecule has 0 heteroatoms. The molecule has 0 heterocycles. The van der Waals surface area contributed by atoms with Crippen molar-refractivity contribution in [2.45, 2.75) is 19.3 Å². The van der Waals surface area contributed by atoms with Gasteiger partial charge in [0.1, 0.15) is 0 Å². The standard InChI is InChI=1S/C12H14/c1-2-5-11(6-3-1)7-4-8-12-9-10-12/h1-7,12H,8-10H2. The molecule has 0 atom stereocenters. The van der Waals surface area contributed by atoms with Gasteiger partial charge in [-0.2, -0.15) is 0 Å². The minimum Gasteiger partial charge on any atom is -0.0837 e. The van der Waals surface area contributed by atoms with E-state index in [1.54, 1.807) is 0 Å². The van der Waals surface area contributed by atoms with Gasteiger partial charge in [0.25, 0.3) is 0 Å². The summed E-state index contributed by atoms with van der Waals surface area (Å²) in [4.78, 5) is 0. The zero-order valence-electron chi connectivity index (χ0n) is 7.24. The van der Waals surface area contributed by atoms with Crippen molar-refractivity contribution in [1.82, 2.24) is 0 Å². The maximum absolute atomic E-state index is 2.30. The number of allylic oxidation sites excluding steroid dienone is 1. The third-order valence-electron chi connectivity index (χ3n) is 2.28. The van der Waals surface area contributed by atoms with Gasteiger partial charge in [-0.05, 0) is 30.7 Å². The molecule has 0 nitrogen and oxygen atoms in total. The van der Waals surface area contributed by atoms with Gasteiger partial charge < -0.3 is 0 Å². The van der Waals surface area contributed by atoms with Crippen LogP contribution in [0.25, 0.3) is 6.08 Å². The summed E-state index contributed by atoms with van der Waals surface area (Å²) in [5.74, 6) is 1.00. The van der Waals surface area contributed by atoms with Crippen molar-refractivity contribution >= 4 is 6.08 Å². The zero-order chi connectivity index (χ0) is 8.23. The molecule has 0 bridgehead atoms. The van der Waals surface area contributed by atoms with Gasteiger partial charge in [-0.25, -0.2) is 0 Å². The fraction of sp³-hybridized carbons (Fsp3) is 0.333. The summed E-state index contributed by atoms with van der Waals surface area (Å²) in [6.45, 7) is 0. The summed E-state index contributed by atoms with van der Waals surface area (Å²) >= 11 is 0. The lowest BCUT2D eigenvalue weighted by molar-refractivity contribution is 0.866. The lowest BCUT2D eigenvalue weighted by atomic mass is 10.2. The smallest absolute Gasteiger partial charge is 0.0260 e. The molecular formula is C12H14. The molecule has 1 aliphatic rings. The molecule has 0 spiro atoms. The van der Waals surface area contributed by atoms with Crippen LogP contribution in [-0.4, -0.2) is 0 Å². The Bertz CT molecular complexity index is 255. The molecule has 1 aromatic carbocycles. The van der Waals surface area contributed by atoms with Gasteiger partial charge in [-0.3, -0.25) is 0 Å². The molecule has 1 aliphatic carbocycles. The molecular weight excluding hydrogens is 144 g/mol. The van der Waals surface area contributed by atoms with Crippen LogP contribution in [0.3, 0.4) is 0 Å². The van der Waals surface area contributed by atoms with Crippen LogP contribution in [0, 0.1) is 5.92 Å². The third kappa shape index (κ3) is 2.23. The highest BCUT2D eigenvalue weighted by Gasteiger charge is 2.18. The summed E-state index contributed by atoms with van der Waals surface area (Å²) in [6.07, 6.45) is 8.68. The SMILES string of the molecule is C(=Cc1ccccc1)CC1CC1. The highest BCUT2D eigenvalue weighted by atomic mass is 14.2. The Morgan fingerprint density at radius 1 is 1.17 bits per heavy atom. The maximum Gasteiger partial charge on any atom is -0.0260 e. The van der Waals surface area contributed by atoms with Crippen molar-refractivity contribution in [2.75, 3.05) is 0 Å². The predicted octanol–water partition coefficient (Wildman–Crippen LogP) is 3.50. The van der Waals surface area contributed by atoms with E-state index >= 15 is 0 Å². The summed E-state index contributed by atoms with van der Waals surface area (Å²) < 4.78 is 0. The first-order chi connectivity index (χ1) is 5.95. The molecule has 0 aromatic heterocycles. The van der Waals surface area contributed by atoms with Crippen molar-refractivity contribution < 1.29 is 0 Å². The first-order valence-electron chi connectivity index (χ1n) is 4.67. The van der Waals surface area contributed by atoms with E-state index in [0.717, 1.165) is 5.92 Å². The Hall–Kier alpha value is -1.04. The zero-order valence-corrected chi connectivity index (χ0v) is 7.24. The molecule has 0 amide bonds. The monoisotopic (exact) mass is 158 g/mol. The normalized spacial score (nSPS) is 17.0. The molecule has 2 rings (SSSR count). The van der Waals surface area contributed by atoms with Crippen LogP contribution in [0.1, 0.15) is 24.8 Å². The molecule has 1 saturated carbocycles. The van der Waals surface area contributed by atoms with Gasteiger partial charge in [-0.15, -0.1) is 0 Å². The Balaban J connectivity index is 1.89. The van der Waals surface area contributed by atoms with Crippen molar-refractivity contribution in [1.29, 1.82) is 0 Å². The highest BCUT2D eigenvalue weighted by Crippen LogP contribution is 2.32. The van der Waals surface area contributed by atoms with Crippen LogP contribution in [0.2, 0.25) is 0 Å². The summed E-state index contributed by atoms with van der Waals surface area (Å²) in [5, 5.41) is 0. The number of rotatable bonds is 3. The molecule has 1 fully saturated rings. The molecule has 1 aromatic rings. The van der Waals surface area contributed by atoms with E-state index in [1.807, 2.05) is 0 Å². The fourth-order valence-electron chi connectivity index (χ4n) is 1.31. The van der Waals surface area contributed by atoms with E-state index in [0.29, 0.717) is 0 Å². The van der Waals surface area contributed by atoms with Crippen LogP contribution in [0.15, 0.2) is 36.4 Å². The van der Waals surface area contributed by atoms with Crippen molar-refractivity contribution in [2.24, 2.45) is 5.92 Å². The van der Waals surface area contributed by atoms with Gasteiger partial charge in [0.15, 0.2) is 0 Å². The van der Waals surface area contributed by atoms with E-state index in [4.69, 9.17) is 0 Å².